The minimum Gasteiger partial charge on any atom is -0.337 e. The zero-order valence-electron chi connectivity index (χ0n) is 11.8. The average Bonchev–Trinajstić information content (AvgIpc) is 3.02. The summed E-state index contributed by atoms with van der Waals surface area (Å²) in [5.74, 6) is 0.637. The van der Waals surface area contributed by atoms with Gasteiger partial charge in [-0.25, -0.2) is 4.98 Å². The summed E-state index contributed by atoms with van der Waals surface area (Å²) in [6.45, 7) is 1.67. The lowest BCUT2D eigenvalue weighted by molar-refractivity contribution is 0.717. The van der Waals surface area contributed by atoms with E-state index in [4.69, 9.17) is 0 Å². The second kappa shape index (κ2) is 5.38. The smallest absolute Gasteiger partial charge is 0.252 e. The number of anilines is 1. The van der Waals surface area contributed by atoms with Gasteiger partial charge in [0.1, 0.15) is 0 Å². The zero-order valence-corrected chi connectivity index (χ0v) is 12.6. The lowest BCUT2D eigenvalue weighted by Crippen LogP contribution is -2.32. The van der Waals surface area contributed by atoms with Gasteiger partial charge >= 0.3 is 0 Å². The molecule has 3 aromatic rings. The SMILES string of the molecule is O=c1cc(-c2ccncc2)nc(N2CCc3ccsc3C2)[nH]1. The Morgan fingerprint density at radius 3 is 2.95 bits per heavy atom. The molecule has 5 nitrogen and oxygen atoms in total. The summed E-state index contributed by atoms with van der Waals surface area (Å²) >= 11 is 1.76. The number of rotatable bonds is 2. The third-order valence-electron chi connectivity index (χ3n) is 3.83. The number of aromatic amines is 1. The number of pyridine rings is 1. The number of hydrogen-bond donors (Lipinski definition) is 1. The zero-order chi connectivity index (χ0) is 14.9. The van der Waals surface area contributed by atoms with Gasteiger partial charge in [0.05, 0.1) is 12.2 Å². The highest BCUT2D eigenvalue weighted by molar-refractivity contribution is 7.10. The maximum Gasteiger partial charge on any atom is 0.252 e. The van der Waals surface area contributed by atoms with Gasteiger partial charge in [-0.3, -0.25) is 14.8 Å². The minimum absolute atomic E-state index is 0.131. The maximum absolute atomic E-state index is 12.0. The van der Waals surface area contributed by atoms with Crippen LogP contribution in [0.25, 0.3) is 11.3 Å². The monoisotopic (exact) mass is 310 g/mol. The van der Waals surface area contributed by atoms with E-state index >= 15 is 0 Å². The van der Waals surface area contributed by atoms with E-state index in [2.05, 4.69) is 31.3 Å². The quantitative estimate of drug-likeness (QED) is 0.790. The van der Waals surface area contributed by atoms with Crippen molar-refractivity contribution in [2.24, 2.45) is 0 Å². The van der Waals surface area contributed by atoms with Crippen LogP contribution in [0.15, 0.2) is 46.8 Å². The van der Waals surface area contributed by atoms with Gasteiger partial charge in [-0.2, -0.15) is 0 Å². The van der Waals surface area contributed by atoms with Crippen LogP contribution in [0.3, 0.4) is 0 Å². The Morgan fingerprint density at radius 1 is 1.23 bits per heavy atom. The highest BCUT2D eigenvalue weighted by Crippen LogP contribution is 2.26. The molecule has 4 heterocycles. The molecule has 110 valence electrons. The fraction of sp³-hybridized carbons (Fsp3) is 0.188. The molecule has 0 aliphatic carbocycles. The van der Waals surface area contributed by atoms with Crippen molar-refractivity contribution >= 4 is 17.3 Å². The predicted octanol–water partition coefficient (Wildman–Crippen LogP) is 2.46. The summed E-state index contributed by atoms with van der Waals surface area (Å²) in [4.78, 5) is 27.0. The molecule has 4 rings (SSSR count). The van der Waals surface area contributed by atoms with Crippen LogP contribution >= 0.6 is 11.3 Å². The Hall–Kier alpha value is -2.47. The first-order valence-electron chi connectivity index (χ1n) is 7.11. The van der Waals surface area contributed by atoms with Crippen LogP contribution in [0, 0.1) is 0 Å². The first-order valence-corrected chi connectivity index (χ1v) is 7.99. The standard InChI is InChI=1S/C16H14N4OS/c21-15-9-13(11-1-5-17-6-2-11)18-16(19-15)20-7-3-12-4-8-22-14(12)10-20/h1-2,4-6,8-9H,3,7,10H2,(H,18,19,21). The number of hydrogen-bond acceptors (Lipinski definition) is 5. The fourth-order valence-corrected chi connectivity index (χ4v) is 3.63. The number of H-pyrrole nitrogens is 1. The van der Waals surface area contributed by atoms with Crippen LogP contribution in [0.1, 0.15) is 10.4 Å². The third-order valence-corrected chi connectivity index (χ3v) is 4.78. The molecule has 0 atom stereocenters. The van der Waals surface area contributed by atoms with Gasteiger partial charge in [-0.15, -0.1) is 11.3 Å². The Morgan fingerprint density at radius 2 is 2.09 bits per heavy atom. The maximum atomic E-state index is 12.0. The third kappa shape index (κ3) is 2.42. The lowest BCUT2D eigenvalue weighted by atomic mass is 10.1. The van der Waals surface area contributed by atoms with E-state index in [1.54, 1.807) is 23.7 Å². The number of nitrogens with one attached hydrogen (secondary N) is 1. The Balaban J connectivity index is 1.71. The van der Waals surface area contributed by atoms with E-state index < -0.39 is 0 Å². The molecule has 1 aliphatic heterocycles. The molecule has 0 aromatic carbocycles. The Labute approximate surface area is 131 Å². The van der Waals surface area contributed by atoms with Crippen LogP contribution < -0.4 is 10.5 Å². The highest BCUT2D eigenvalue weighted by atomic mass is 32.1. The van der Waals surface area contributed by atoms with Gasteiger partial charge in [0, 0.05) is 35.4 Å². The van der Waals surface area contributed by atoms with Gasteiger partial charge in [-0.05, 0) is 35.6 Å². The molecule has 0 radical (unpaired) electrons. The molecule has 1 N–H and O–H groups in total. The van der Waals surface area contributed by atoms with Crippen LogP contribution in [0.4, 0.5) is 5.95 Å². The van der Waals surface area contributed by atoms with Crippen LogP contribution in [0.5, 0.6) is 0 Å². The normalized spacial score (nSPS) is 13.9. The summed E-state index contributed by atoms with van der Waals surface area (Å²) in [5, 5.41) is 2.12. The summed E-state index contributed by atoms with van der Waals surface area (Å²) in [6.07, 6.45) is 4.40. The van der Waals surface area contributed by atoms with Crippen molar-refractivity contribution in [3.05, 3.63) is 62.8 Å². The van der Waals surface area contributed by atoms with Gasteiger partial charge in [0.25, 0.3) is 5.56 Å². The number of thiophene rings is 1. The Kier molecular flexibility index (Phi) is 3.23. The number of nitrogens with zero attached hydrogens (tertiary/aromatic N) is 3. The molecule has 0 spiro atoms. The average molecular weight is 310 g/mol. The summed E-state index contributed by atoms with van der Waals surface area (Å²) in [6, 6.07) is 7.43. The largest absolute Gasteiger partial charge is 0.337 e. The molecule has 0 saturated heterocycles. The summed E-state index contributed by atoms with van der Waals surface area (Å²) < 4.78 is 0. The van der Waals surface area contributed by atoms with Crippen molar-refractivity contribution in [3.63, 3.8) is 0 Å². The van der Waals surface area contributed by atoms with E-state index in [1.165, 1.54) is 16.5 Å². The first-order chi connectivity index (χ1) is 10.8. The van der Waals surface area contributed by atoms with E-state index in [0.29, 0.717) is 11.6 Å². The van der Waals surface area contributed by atoms with Crippen LogP contribution in [-0.4, -0.2) is 21.5 Å². The number of fused-ring (bicyclic) bond motifs is 1. The van der Waals surface area contributed by atoms with Crippen LogP contribution in [0.2, 0.25) is 0 Å². The van der Waals surface area contributed by atoms with Crippen molar-refractivity contribution in [1.29, 1.82) is 0 Å². The van der Waals surface area contributed by atoms with Crippen molar-refractivity contribution in [2.45, 2.75) is 13.0 Å². The molecule has 0 bridgehead atoms. The molecule has 0 amide bonds. The second-order valence-electron chi connectivity index (χ2n) is 5.23. The van der Waals surface area contributed by atoms with Crippen molar-refractivity contribution in [3.8, 4) is 11.3 Å². The van der Waals surface area contributed by atoms with Crippen molar-refractivity contribution in [1.82, 2.24) is 15.0 Å². The lowest BCUT2D eigenvalue weighted by Gasteiger charge is -2.27. The topological polar surface area (TPSA) is 61.9 Å². The molecular weight excluding hydrogens is 296 g/mol. The van der Waals surface area contributed by atoms with E-state index in [9.17, 15) is 4.79 Å². The first kappa shape index (κ1) is 13.2. The predicted molar refractivity (Wildman–Crippen MR) is 87.2 cm³/mol. The van der Waals surface area contributed by atoms with E-state index in [-0.39, 0.29) is 5.56 Å². The van der Waals surface area contributed by atoms with Gasteiger partial charge in [-0.1, -0.05) is 0 Å². The summed E-state index contributed by atoms with van der Waals surface area (Å²) in [7, 11) is 0. The molecule has 6 heteroatoms. The van der Waals surface area contributed by atoms with Gasteiger partial charge < -0.3 is 4.90 Å². The Bertz CT molecular complexity index is 856. The van der Waals surface area contributed by atoms with E-state index in [1.807, 2.05) is 12.1 Å². The van der Waals surface area contributed by atoms with Gasteiger partial charge in [0.2, 0.25) is 5.95 Å². The molecule has 0 fully saturated rings. The van der Waals surface area contributed by atoms with Crippen molar-refractivity contribution in [2.75, 3.05) is 11.4 Å². The molecule has 0 saturated carbocycles. The molecular formula is C16H14N4OS. The fourth-order valence-electron chi connectivity index (χ4n) is 2.68. The molecule has 1 aliphatic rings. The molecule has 3 aromatic heterocycles. The highest BCUT2D eigenvalue weighted by Gasteiger charge is 2.19. The summed E-state index contributed by atoms with van der Waals surface area (Å²) in [5.41, 5.74) is 2.86. The van der Waals surface area contributed by atoms with Crippen LogP contribution in [-0.2, 0) is 13.0 Å². The second-order valence-corrected chi connectivity index (χ2v) is 6.23. The molecule has 22 heavy (non-hydrogen) atoms. The number of aromatic nitrogens is 3. The minimum atomic E-state index is -0.131. The van der Waals surface area contributed by atoms with E-state index in [0.717, 1.165) is 25.1 Å². The van der Waals surface area contributed by atoms with Gasteiger partial charge in [0.15, 0.2) is 0 Å². The molecule has 0 unspecified atom stereocenters. The van der Waals surface area contributed by atoms with Crippen molar-refractivity contribution < 1.29 is 0 Å².